The predicted octanol–water partition coefficient (Wildman–Crippen LogP) is 4.70. The fraction of sp³-hybridized carbons (Fsp3) is 0. The normalized spacial score (nSPS) is 14.8. The maximum Gasteiger partial charge on any atom is 0.00506 e. The molecule has 10 heavy (non-hydrogen) atoms. The van der Waals surface area contributed by atoms with Gasteiger partial charge in [-0.1, -0.05) is 24.3 Å². The van der Waals surface area contributed by atoms with Gasteiger partial charge in [-0.3, -0.25) is 0 Å². The van der Waals surface area contributed by atoms with E-state index in [4.69, 9.17) is 0 Å². The Balaban J connectivity index is 0.000000162. The van der Waals surface area contributed by atoms with Gasteiger partial charge in [0.1, 0.15) is 0 Å². The van der Waals surface area contributed by atoms with Gasteiger partial charge in [0.2, 0.25) is 0 Å². The molecule has 0 amide bonds. The minimum absolute atomic E-state index is 1.93. The quantitative estimate of drug-likeness (QED) is 0.476. The van der Waals surface area contributed by atoms with E-state index < -0.39 is 10.9 Å². The molecule has 0 saturated carbocycles. The van der Waals surface area contributed by atoms with E-state index in [2.05, 4.69) is 48.9 Å². The largest absolute Gasteiger partial charge is 0.0767 e. The average Bonchev–Trinajstić information content (AvgIpc) is 2.07. The van der Waals surface area contributed by atoms with Crippen molar-refractivity contribution in [3.8, 4) is 0 Å². The first-order chi connectivity index (χ1) is 4.50. The molecule has 5 heteroatoms. The minimum Gasteiger partial charge on any atom is -0.0767 e. The van der Waals surface area contributed by atoms with Gasteiger partial charge < -0.3 is 0 Å². The molecule has 0 nitrogen and oxygen atoms in total. The topological polar surface area (TPSA) is 0 Å². The number of allylic oxidation sites excluding steroid dienone is 4. The molecule has 0 atom stereocenters. The first-order valence-corrected chi connectivity index (χ1v) is 24.9. The number of hydrogen-bond acceptors (Lipinski definition) is 0. The van der Waals surface area contributed by atoms with Crippen molar-refractivity contribution in [3.05, 3.63) is 30.7 Å². The Morgan fingerprint density at radius 2 is 1.00 bits per heavy atom. The Hall–Kier alpha value is 2.28. The van der Waals surface area contributed by atoms with Gasteiger partial charge in [0.25, 0.3) is 0 Å². The van der Waals surface area contributed by atoms with Crippen molar-refractivity contribution in [1.29, 1.82) is 0 Å². The van der Waals surface area contributed by atoms with Crippen molar-refractivity contribution >= 4 is 48.9 Å². The molecule has 0 bridgehead atoms. The molecule has 0 heterocycles. The number of halogens is 4. The van der Waals surface area contributed by atoms with Crippen molar-refractivity contribution in [3.63, 3.8) is 0 Å². The second-order valence-electron chi connectivity index (χ2n) is 1.39. The fourth-order valence-electron chi connectivity index (χ4n) is 0.321. The number of rotatable bonds is 0. The summed E-state index contributed by atoms with van der Waals surface area (Å²) in [5.74, 6) is 0. The molecule has 0 saturated heterocycles. The molecule has 1 rings (SSSR count). The van der Waals surface area contributed by atoms with Gasteiger partial charge in [0, 0.05) is 6.42 Å². The molecule has 0 aromatic rings. The predicted molar refractivity (Wildman–Crippen MR) is 58.3 cm³/mol. The summed E-state index contributed by atoms with van der Waals surface area (Å²) in [6.07, 6.45) is 10.0. The number of hydrogen-bond donors (Lipinski definition) is 0. The van der Waals surface area contributed by atoms with Crippen LogP contribution < -0.4 is 0 Å². The van der Waals surface area contributed by atoms with Crippen LogP contribution in [0.1, 0.15) is 0 Å². The van der Waals surface area contributed by atoms with Crippen LogP contribution in [0.3, 0.4) is 0 Å². The van der Waals surface area contributed by atoms with Crippen LogP contribution in [0.4, 0.5) is 0 Å². The first-order valence-electron chi connectivity index (χ1n) is 2.42. The summed E-state index contributed by atoms with van der Waals surface area (Å²) in [7, 11) is -1.93. The molecule has 57 valence electrons. The zero-order chi connectivity index (χ0) is 8.04. The van der Waals surface area contributed by atoms with Crippen molar-refractivity contribution in [1.82, 2.24) is 0 Å². The van der Waals surface area contributed by atoms with Gasteiger partial charge in [-0.25, -0.2) is 0 Å². The van der Waals surface area contributed by atoms with Crippen LogP contribution in [-0.2, 0) is 10.9 Å². The van der Waals surface area contributed by atoms with Crippen LogP contribution in [0.2, 0.25) is 0 Å². The molecule has 0 spiro atoms. The average molecular weight is 476 g/mol. The summed E-state index contributed by atoms with van der Waals surface area (Å²) < 4.78 is 0. The second-order valence-corrected chi connectivity index (χ2v) is 69.4. The van der Waals surface area contributed by atoms with Crippen LogP contribution in [0.5, 0.6) is 0 Å². The third-order valence-electron chi connectivity index (χ3n) is 0.556. The van der Waals surface area contributed by atoms with Gasteiger partial charge in [-0.05, 0) is 0 Å². The van der Waals surface area contributed by atoms with Gasteiger partial charge >= 0.3 is 59.7 Å². The van der Waals surface area contributed by atoms with Crippen LogP contribution >= 0.6 is 48.9 Å². The summed E-state index contributed by atoms with van der Waals surface area (Å²) in [5.41, 5.74) is 0. The van der Waals surface area contributed by atoms with Crippen molar-refractivity contribution in [2.75, 3.05) is 0 Å². The molecule has 0 fully saturated rings. The first kappa shape index (κ1) is 12.3. The fourth-order valence-corrected chi connectivity index (χ4v) is 0.321. The van der Waals surface area contributed by atoms with Crippen molar-refractivity contribution < 1.29 is 10.9 Å². The maximum absolute atomic E-state index is 3.34. The Kier molecular flexibility index (Phi) is 8.31. The zero-order valence-electron chi connectivity index (χ0n) is 4.90. The Bertz CT molecular complexity index is 119. The van der Waals surface area contributed by atoms with Gasteiger partial charge in [0.05, 0.1) is 0 Å². The molecule has 1 radical (unpaired) electrons. The Labute approximate surface area is 88.7 Å². The van der Waals surface area contributed by atoms with Gasteiger partial charge in [0.15, 0.2) is 0 Å². The van der Waals surface area contributed by atoms with E-state index in [0.29, 0.717) is 0 Å². The Morgan fingerprint density at radius 3 is 1.10 bits per heavy atom. The van der Waals surface area contributed by atoms with E-state index in [-0.39, 0.29) is 0 Å². The zero-order valence-corrected chi connectivity index (χ0v) is 13.7. The van der Waals surface area contributed by atoms with Gasteiger partial charge in [-0.15, -0.1) is 0 Å². The van der Waals surface area contributed by atoms with Crippen molar-refractivity contribution in [2.24, 2.45) is 0 Å². The van der Waals surface area contributed by atoms with E-state index in [1.165, 1.54) is 0 Å². The summed E-state index contributed by atoms with van der Waals surface area (Å²) in [5, 5.41) is 0. The van der Waals surface area contributed by atoms with E-state index in [9.17, 15) is 0 Å². The molecule has 0 aliphatic heterocycles. The minimum atomic E-state index is -1.93. The second kappa shape index (κ2) is 6.76. The summed E-state index contributed by atoms with van der Waals surface area (Å²) in [6.45, 7) is 0. The molecule has 0 unspecified atom stereocenters. The van der Waals surface area contributed by atoms with Crippen LogP contribution in [0.25, 0.3) is 0 Å². The summed E-state index contributed by atoms with van der Waals surface area (Å²) in [4.78, 5) is 0. The van der Waals surface area contributed by atoms with Gasteiger partial charge in [-0.2, -0.15) is 0 Å². The van der Waals surface area contributed by atoms with E-state index in [0.717, 1.165) is 0 Å². The van der Waals surface area contributed by atoms with Crippen LogP contribution in [-0.4, -0.2) is 0 Å². The van der Waals surface area contributed by atoms with Crippen molar-refractivity contribution in [2.45, 2.75) is 0 Å². The maximum atomic E-state index is 3.34. The molecule has 0 N–H and O–H groups in total. The SMILES string of the molecule is [Br][Zr]([Br])([Br])[Br].[CH]1C=CC=C1. The smallest absolute Gasteiger partial charge is 0.00506 e. The molecule has 0 aromatic carbocycles. The molecular formula is C5H5Br4Zr. The van der Waals surface area contributed by atoms with E-state index in [1.807, 2.05) is 30.7 Å². The third kappa shape index (κ3) is 16.7. The monoisotopic (exact) mass is 471 g/mol. The summed E-state index contributed by atoms with van der Waals surface area (Å²) >= 11 is 13.3. The van der Waals surface area contributed by atoms with E-state index in [1.54, 1.807) is 0 Å². The molecule has 1 aliphatic rings. The standard InChI is InChI=1S/C5H5.4BrH.Zr/c1-2-4-5-3-1;;;;;/h1-5H;4*1H;/q;;;;;+4/p-4. The van der Waals surface area contributed by atoms with E-state index >= 15 is 0 Å². The summed E-state index contributed by atoms with van der Waals surface area (Å²) in [6, 6.07) is 0. The molecular weight excluding hydrogens is 471 g/mol. The molecule has 0 aromatic heterocycles. The molecule has 1 aliphatic carbocycles. The third-order valence-corrected chi connectivity index (χ3v) is 0.556. The van der Waals surface area contributed by atoms with Crippen LogP contribution in [0.15, 0.2) is 24.3 Å². The Morgan fingerprint density at radius 1 is 0.700 bits per heavy atom. The van der Waals surface area contributed by atoms with Crippen LogP contribution in [0, 0.1) is 6.42 Å².